The van der Waals surface area contributed by atoms with E-state index in [0.29, 0.717) is 63.5 Å². The number of carbonyl (C=O) groups excluding carboxylic acids is 5. The first kappa shape index (κ1) is 39.0. The zero-order valence-electron chi connectivity index (χ0n) is 33.9. The number of benzene rings is 2. The Morgan fingerprint density at radius 1 is 0.967 bits per heavy atom. The first-order chi connectivity index (χ1) is 29.1. The highest BCUT2D eigenvalue weighted by Crippen LogP contribution is 2.40. The first-order valence-corrected chi connectivity index (χ1v) is 20.6. The molecule has 2 fully saturated rings. The van der Waals surface area contributed by atoms with Gasteiger partial charge < -0.3 is 29.3 Å². The van der Waals surface area contributed by atoms with Crippen molar-refractivity contribution < 1.29 is 28.7 Å². The minimum absolute atomic E-state index is 0.0831. The average molecular weight is 810 g/mol. The Balaban J connectivity index is 0.847. The Labute approximate surface area is 347 Å². The molecule has 5 amide bonds. The molecule has 2 saturated heterocycles. The molecule has 3 aromatic heterocycles. The van der Waals surface area contributed by atoms with Gasteiger partial charge in [-0.2, -0.15) is 0 Å². The molecule has 1 unspecified atom stereocenters. The summed E-state index contributed by atoms with van der Waals surface area (Å²) < 4.78 is 7.81. The van der Waals surface area contributed by atoms with Gasteiger partial charge in [-0.05, 0) is 68.3 Å². The van der Waals surface area contributed by atoms with Crippen molar-refractivity contribution in [3.05, 3.63) is 95.3 Å². The van der Waals surface area contributed by atoms with Gasteiger partial charge in [0.25, 0.3) is 11.8 Å². The number of piperidine rings is 1. The van der Waals surface area contributed by atoms with Gasteiger partial charge in [0, 0.05) is 105 Å². The lowest BCUT2D eigenvalue weighted by molar-refractivity contribution is -0.137. The number of nitrogens with zero attached hydrogens (tertiary/aromatic N) is 7. The number of pyridine rings is 2. The Morgan fingerprint density at radius 3 is 2.55 bits per heavy atom. The van der Waals surface area contributed by atoms with Crippen LogP contribution in [0.3, 0.4) is 0 Å². The van der Waals surface area contributed by atoms with Crippen LogP contribution < -0.4 is 15.5 Å². The van der Waals surface area contributed by atoms with Crippen molar-refractivity contribution in [1.29, 1.82) is 0 Å². The van der Waals surface area contributed by atoms with Crippen molar-refractivity contribution in [3.8, 4) is 22.5 Å². The summed E-state index contributed by atoms with van der Waals surface area (Å²) in [5.41, 5.74) is 6.98. The number of hydrogen-bond donors (Lipinski definition) is 2. The topological polar surface area (TPSA) is 172 Å². The Kier molecular flexibility index (Phi) is 10.4. The summed E-state index contributed by atoms with van der Waals surface area (Å²) in [6.45, 7) is 5.13. The van der Waals surface area contributed by atoms with Gasteiger partial charge in [0.15, 0.2) is 0 Å². The molecule has 60 heavy (non-hydrogen) atoms. The summed E-state index contributed by atoms with van der Waals surface area (Å²) in [6, 6.07) is 16.3. The van der Waals surface area contributed by atoms with E-state index in [9.17, 15) is 24.0 Å². The predicted octanol–water partition coefficient (Wildman–Crippen LogP) is 4.60. The number of amides is 5. The van der Waals surface area contributed by atoms with Crippen LogP contribution in [0, 0.1) is 0 Å². The summed E-state index contributed by atoms with van der Waals surface area (Å²) >= 11 is 0. The van der Waals surface area contributed by atoms with E-state index in [1.807, 2.05) is 62.4 Å². The van der Waals surface area contributed by atoms with Gasteiger partial charge in [0.2, 0.25) is 17.7 Å². The normalized spacial score (nSPS) is 19.4. The van der Waals surface area contributed by atoms with E-state index in [1.54, 1.807) is 28.1 Å². The number of hydrogen-bond acceptors (Lipinski definition) is 10. The molecular formula is C45H47N9O6. The maximum Gasteiger partial charge on any atom is 0.269 e. The summed E-state index contributed by atoms with van der Waals surface area (Å²) in [7, 11) is 3.79. The molecule has 0 bridgehead atoms. The maximum absolute atomic E-state index is 13.3. The van der Waals surface area contributed by atoms with Gasteiger partial charge >= 0.3 is 0 Å². The highest BCUT2D eigenvalue weighted by molar-refractivity contribution is 6.06. The molecule has 5 aromatic rings. The van der Waals surface area contributed by atoms with Crippen LogP contribution in [-0.2, 0) is 32.2 Å². The molecule has 4 aliphatic rings. The Bertz CT molecular complexity index is 2550. The van der Waals surface area contributed by atoms with Gasteiger partial charge in [-0.1, -0.05) is 24.3 Å². The maximum atomic E-state index is 13.3. The van der Waals surface area contributed by atoms with E-state index < -0.39 is 11.9 Å². The van der Waals surface area contributed by atoms with Crippen LogP contribution in [0.1, 0.15) is 88.9 Å². The number of ether oxygens (including phenoxy) is 1. The lowest BCUT2D eigenvalue weighted by Gasteiger charge is -2.32. The third-order valence-electron chi connectivity index (χ3n) is 12.4. The van der Waals surface area contributed by atoms with E-state index in [1.165, 1.54) is 0 Å². The summed E-state index contributed by atoms with van der Waals surface area (Å²) in [5, 5.41) is 7.27. The lowest BCUT2D eigenvalue weighted by Crippen LogP contribution is -2.52. The second kappa shape index (κ2) is 15.9. The van der Waals surface area contributed by atoms with Crippen molar-refractivity contribution >= 4 is 46.0 Å². The van der Waals surface area contributed by atoms with E-state index >= 15 is 0 Å². The molecule has 9 rings (SSSR count). The molecule has 2 N–H and O–H groups in total. The van der Waals surface area contributed by atoms with Gasteiger partial charge in [-0.3, -0.25) is 39.3 Å². The second-order valence-electron chi connectivity index (χ2n) is 16.2. The van der Waals surface area contributed by atoms with E-state index in [-0.39, 0.29) is 42.0 Å². The number of imide groups is 1. The monoisotopic (exact) mass is 809 g/mol. The molecule has 15 nitrogen and oxygen atoms in total. The van der Waals surface area contributed by atoms with Crippen LogP contribution in [0.5, 0.6) is 0 Å². The predicted molar refractivity (Wildman–Crippen MR) is 223 cm³/mol. The Hall–Kier alpha value is -6.48. The molecule has 2 aromatic carbocycles. The summed E-state index contributed by atoms with van der Waals surface area (Å²) in [6.07, 6.45) is 6.43. The van der Waals surface area contributed by atoms with E-state index in [0.717, 1.165) is 68.9 Å². The highest BCUT2D eigenvalue weighted by Gasteiger charge is 2.40. The first-order valence-electron chi connectivity index (χ1n) is 20.6. The fourth-order valence-corrected chi connectivity index (χ4v) is 9.13. The number of anilines is 1. The zero-order chi connectivity index (χ0) is 41.7. The SMILES string of the molecule is C[C@@H]1C(=O)N(C)Cc2c(-c3cccc4cc(-c5ccc(C(=O)NCCCN(C)c6cccc7c6CN(C6CCC(=O)NC6=O)C7=O)nc5)ncc34)nc(C3CCOCC3)n21. The largest absolute Gasteiger partial charge is 0.381 e. The van der Waals surface area contributed by atoms with E-state index in [2.05, 4.69) is 32.3 Å². The number of carbonyl (C=O) groups is 5. The summed E-state index contributed by atoms with van der Waals surface area (Å²) in [5.74, 6) is 0.0200. The van der Waals surface area contributed by atoms with Gasteiger partial charge in [-0.25, -0.2) is 4.98 Å². The molecule has 0 spiro atoms. The van der Waals surface area contributed by atoms with Crippen molar-refractivity contribution in [3.63, 3.8) is 0 Å². The minimum Gasteiger partial charge on any atom is -0.381 e. The molecule has 0 aliphatic carbocycles. The Morgan fingerprint density at radius 2 is 1.77 bits per heavy atom. The number of imidazole rings is 1. The van der Waals surface area contributed by atoms with Crippen molar-refractivity contribution in [2.24, 2.45) is 0 Å². The minimum atomic E-state index is -0.673. The molecule has 15 heteroatoms. The van der Waals surface area contributed by atoms with Crippen LogP contribution in [-0.4, -0.2) is 105 Å². The second-order valence-corrected chi connectivity index (χ2v) is 16.2. The zero-order valence-corrected chi connectivity index (χ0v) is 33.9. The number of rotatable bonds is 10. The molecule has 7 heterocycles. The lowest BCUT2D eigenvalue weighted by atomic mass is 9.98. The van der Waals surface area contributed by atoms with Crippen molar-refractivity contribution in [1.82, 2.24) is 40.0 Å². The van der Waals surface area contributed by atoms with Gasteiger partial charge in [-0.15, -0.1) is 0 Å². The van der Waals surface area contributed by atoms with Crippen LogP contribution in [0.25, 0.3) is 33.3 Å². The fourth-order valence-electron chi connectivity index (χ4n) is 9.13. The molecule has 2 atom stereocenters. The standard InChI is InChI=1S/C45H47N9O6/c1-26-44(58)52(3)25-38-40(50-41(54(26)38)27-15-19-60-20-16-27)30-8-4-7-28-21-35(48-23-32(28)30)29-11-12-34(47-22-29)42(56)46-17-6-18-51(2)36-10-5-9-31-33(36)24-53(45(31)59)37-13-14-39(55)49-43(37)57/h4-5,7-12,21-23,26-27,37H,6,13-20,24-25H2,1-3H3,(H,46,56)(H,49,55,57)/t26-,37?/m1/s1. The molecule has 0 saturated carbocycles. The smallest absolute Gasteiger partial charge is 0.269 e. The third-order valence-corrected chi connectivity index (χ3v) is 12.4. The number of nitrogens with one attached hydrogen (secondary N) is 2. The van der Waals surface area contributed by atoms with Gasteiger partial charge in [0.1, 0.15) is 23.6 Å². The number of aromatic nitrogens is 4. The third kappa shape index (κ3) is 7.06. The van der Waals surface area contributed by atoms with Crippen LogP contribution >= 0.6 is 0 Å². The quantitative estimate of drug-likeness (QED) is 0.150. The summed E-state index contributed by atoms with van der Waals surface area (Å²) in [4.78, 5) is 83.6. The molecule has 0 radical (unpaired) electrons. The molecular weight excluding hydrogens is 763 g/mol. The number of likely N-dealkylation sites (N-methyl/N-ethyl adjacent to an activating group) is 1. The van der Waals surface area contributed by atoms with Crippen LogP contribution in [0.15, 0.2) is 67.0 Å². The average Bonchev–Trinajstić information content (AvgIpc) is 3.81. The van der Waals surface area contributed by atoms with Crippen LogP contribution in [0.2, 0.25) is 0 Å². The van der Waals surface area contributed by atoms with Crippen molar-refractivity contribution in [2.45, 2.75) is 70.1 Å². The highest BCUT2D eigenvalue weighted by atomic mass is 16.5. The van der Waals surface area contributed by atoms with E-state index in [4.69, 9.17) is 14.7 Å². The number of fused-ring (bicyclic) bond motifs is 3. The molecule has 4 aliphatic heterocycles. The van der Waals surface area contributed by atoms with Crippen molar-refractivity contribution in [2.75, 3.05) is 45.3 Å². The molecule has 308 valence electrons. The van der Waals surface area contributed by atoms with Crippen LogP contribution in [0.4, 0.5) is 5.69 Å². The van der Waals surface area contributed by atoms with Gasteiger partial charge in [0.05, 0.1) is 23.6 Å². The fraction of sp³-hybridized carbons (Fsp3) is 0.378.